The van der Waals surface area contributed by atoms with E-state index in [9.17, 15) is 9.59 Å². The van der Waals surface area contributed by atoms with Gasteiger partial charge in [0.2, 0.25) is 5.90 Å². The van der Waals surface area contributed by atoms with Crippen LogP contribution in [0.3, 0.4) is 0 Å². The van der Waals surface area contributed by atoms with Crippen LogP contribution in [-0.4, -0.2) is 41.2 Å². The van der Waals surface area contributed by atoms with Gasteiger partial charge in [-0.3, -0.25) is 14.8 Å². The molecule has 0 aromatic carbocycles. The fourth-order valence-corrected chi connectivity index (χ4v) is 3.52. The highest BCUT2D eigenvalue weighted by Gasteiger charge is 2.75. The summed E-state index contributed by atoms with van der Waals surface area (Å²) >= 11 is 0. The van der Waals surface area contributed by atoms with Gasteiger partial charge in [0.1, 0.15) is 6.61 Å². The Hall–Kier alpha value is -1.63. The van der Waals surface area contributed by atoms with Gasteiger partial charge in [0, 0.05) is 5.41 Å². The zero-order chi connectivity index (χ0) is 14.8. The number of nitrogens with zero attached hydrogens (tertiary/aromatic N) is 1. The lowest BCUT2D eigenvalue weighted by Gasteiger charge is -2.35. The first kappa shape index (κ1) is 13.4. The van der Waals surface area contributed by atoms with Gasteiger partial charge >= 0.3 is 5.97 Å². The van der Waals surface area contributed by atoms with E-state index in [2.05, 4.69) is 4.99 Å². The molecule has 0 unspecified atom stereocenters. The number of ether oxygens (including phenoxy) is 2. The summed E-state index contributed by atoms with van der Waals surface area (Å²) < 4.78 is 11.1. The number of hydrogen-bond acceptors (Lipinski definition) is 6. The fraction of sp³-hybridized carbons (Fsp3) is 0.769. The molecule has 7 heteroatoms. The van der Waals surface area contributed by atoms with Crippen LogP contribution in [0.1, 0.15) is 33.6 Å². The fourth-order valence-electron chi connectivity index (χ4n) is 3.52. The zero-order valence-corrected chi connectivity index (χ0v) is 11.7. The van der Waals surface area contributed by atoms with Gasteiger partial charge in [-0.1, -0.05) is 13.8 Å². The first-order valence-corrected chi connectivity index (χ1v) is 6.67. The van der Waals surface area contributed by atoms with Gasteiger partial charge in [-0.25, -0.2) is 10.5 Å². The van der Waals surface area contributed by atoms with Crippen LogP contribution in [0.15, 0.2) is 4.99 Å². The number of aliphatic imine (C=N–C) groups is 1. The molecule has 3 aliphatic rings. The minimum atomic E-state index is -0.899. The molecule has 0 aromatic heterocycles. The van der Waals surface area contributed by atoms with Crippen LogP contribution in [0.5, 0.6) is 0 Å². The Morgan fingerprint density at radius 3 is 2.60 bits per heavy atom. The van der Waals surface area contributed by atoms with Crippen LogP contribution in [0, 0.1) is 10.8 Å². The third kappa shape index (κ3) is 1.26. The summed E-state index contributed by atoms with van der Waals surface area (Å²) in [6.45, 7) is 5.89. The Labute approximate surface area is 116 Å². The molecule has 1 saturated carbocycles. The molecule has 0 spiro atoms. The third-order valence-electron chi connectivity index (χ3n) is 5.49. The third-order valence-corrected chi connectivity index (χ3v) is 5.49. The maximum Gasteiger partial charge on any atom is 0.313 e. The molecule has 20 heavy (non-hydrogen) atoms. The monoisotopic (exact) mass is 282 g/mol. The molecule has 7 nitrogen and oxygen atoms in total. The van der Waals surface area contributed by atoms with E-state index >= 15 is 0 Å². The lowest BCUT2D eigenvalue weighted by Crippen LogP contribution is -2.48. The van der Waals surface area contributed by atoms with E-state index in [1.54, 1.807) is 5.48 Å². The smallest absolute Gasteiger partial charge is 0.313 e. The molecule has 2 heterocycles. The van der Waals surface area contributed by atoms with E-state index in [4.69, 9.17) is 14.7 Å². The van der Waals surface area contributed by atoms with Crippen molar-refractivity contribution in [3.63, 3.8) is 0 Å². The second-order valence-corrected chi connectivity index (χ2v) is 6.41. The van der Waals surface area contributed by atoms with Gasteiger partial charge in [0.25, 0.3) is 5.91 Å². The van der Waals surface area contributed by atoms with Gasteiger partial charge in [-0.05, 0) is 19.8 Å². The summed E-state index contributed by atoms with van der Waals surface area (Å²) in [5.74, 6) is -0.569. The number of esters is 1. The molecule has 1 amide bonds. The Kier molecular flexibility index (Phi) is 2.48. The lowest BCUT2D eigenvalue weighted by molar-refractivity contribution is -0.156. The topological polar surface area (TPSA) is 97.2 Å². The normalized spacial score (nSPS) is 41.1. The first-order chi connectivity index (χ1) is 9.28. The van der Waals surface area contributed by atoms with Crippen LogP contribution in [0.2, 0.25) is 0 Å². The van der Waals surface area contributed by atoms with Gasteiger partial charge in [-0.15, -0.1) is 0 Å². The van der Waals surface area contributed by atoms with Crippen molar-refractivity contribution in [3.05, 3.63) is 0 Å². The standard InChI is InChI=1S/C13H18N2O5/c1-11(2)12(3)4-5-13(11,20-10(12)17)9-14-7(6-19-9)8(16)15-18/h7,18H,4-6H2,1-3H3,(H,15,16)/t7-,12+,13-/m1/s1. The van der Waals surface area contributed by atoms with Crippen LogP contribution >= 0.6 is 0 Å². The van der Waals surface area contributed by atoms with Crippen molar-refractivity contribution in [1.29, 1.82) is 0 Å². The van der Waals surface area contributed by atoms with Crippen molar-refractivity contribution in [2.24, 2.45) is 15.8 Å². The highest BCUT2D eigenvalue weighted by atomic mass is 16.6. The van der Waals surface area contributed by atoms with Crippen LogP contribution in [0.4, 0.5) is 0 Å². The Morgan fingerprint density at radius 1 is 1.40 bits per heavy atom. The predicted octanol–water partition coefficient (Wildman–Crippen LogP) is 0.411. The maximum atomic E-state index is 12.2. The molecule has 0 aromatic rings. The quantitative estimate of drug-likeness (QED) is 0.434. The van der Waals surface area contributed by atoms with Gasteiger partial charge in [0.05, 0.1) is 5.41 Å². The maximum absolute atomic E-state index is 12.2. The van der Waals surface area contributed by atoms with E-state index < -0.39 is 28.4 Å². The lowest BCUT2D eigenvalue weighted by atomic mass is 9.66. The predicted molar refractivity (Wildman–Crippen MR) is 67.0 cm³/mol. The SMILES string of the molecule is CC1(C)[C@@]2(C)CC[C@]1(C1=N[C@@H](C(=O)NO)CO1)OC2=O. The molecule has 1 saturated heterocycles. The van der Waals surface area contributed by atoms with Gasteiger partial charge in [-0.2, -0.15) is 0 Å². The van der Waals surface area contributed by atoms with E-state index in [1.807, 2.05) is 20.8 Å². The van der Waals surface area contributed by atoms with Crippen molar-refractivity contribution in [2.45, 2.75) is 45.3 Å². The molecule has 2 aliphatic heterocycles. The average Bonchev–Trinajstić information content (AvgIpc) is 3.00. The summed E-state index contributed by atoms with van der Waals surface area (Å²) in [6.07, 6.45) is 1.34. The summed E-state index contributed by atoms with van der Waals surface area (Å²) in [5.41, 5.74) is -0.354. The molecule has 2 bridgehead atoms. The van der Waals surface area contributed by atoms with Gasteiger partial charge in [0.15, 0.2) is 11.6 Å². The molecule has 3 atom stereocenters. The number of fused-ring (bicyclic) bond motifs is 2. The molecule has 1 aliphatic carbocycles. The average molecular weight is 282 g/mol. The number of hydroxylamine groups is 1. The largest absolute Gasteiger partial charge is 0.475 e. The summed E-state index contributed by atoms with van der Waals surface area (Å²) in [6, 6.07) is -0.800. The summed E-state index contributed by atoms with van der Waals surface area (Å²) in [7, 11) is 0. The number of carbonyl (C=O) groups excluding carboxylic acids is 2. The van der Waals surface area contributed by atoms with Gasteiger partial charge < -0.3 is 9.47 Å². The van der Waals surface area contributed by atoms with Crippen LogP contribution < -0.4 is 5.48 Å². The molecule has 0 radical (unpaired) electrons. The second kappa shape index (κ2) is 3.72. The Balaban J connectivity index is 1.99. The first-order valence-electron chi connectivity index (χ1n) is 6.67. The van der Waals surface area contributed by atoms with Crippen molar-refractivity contribution in [2.75, 3.05) is 6.61 Å². The van der Waals surface area contributed by atoms with E-state index in [0.29, 0.717) is 18.7 Å². The minimum absolute atomic E-state index is 0.0494. The Morgan fingerprint density at radius 2 is 2.10 bits per heavy atom. The summed E-state index contributed by atoms with van der Waals surface area (Å²) in [4.78, 5) is 27.8. The van der Waals surface area contributed by atoms with E-state index in [1.165, 1.54) is 0 Å². The van der Waals surface area contributed by atoms with Crippen LogP contribution in [0.25, 0.3) is 0 Å². The number of rotatable bonds is 2. The second-order valence-electron chi connectivity index (χ2n) is 6.41. The van der Waals surface area contributed by atoms with Crippen molar-refractivity contribution >= 4 is 17.8 Å². The molecule has 110 valence electrons. The number of amides is 1. The number of hydrogen-bond donors (Lipinski definition) is 2. The summed E-state index contributed by atoms with van der Waals surface area (Å²) in [5, 5.41) is 8.65. The highest BCUT2D eigenvalue weighted by Crippen LogP contribution is 2.66. The van der Waals surface area contributed by atoms with E-state index in [0.717, 1.165) is 0 Å². The molecule has 3 rings (SSSR count). The number of carbonyl (C=O) groups is 2. The number of nitrogens with one attached hydrogen (secondary N) is 1. The zero-order valence-electron chi connectivity index (χ0n) is 11.7. The Bertz CT molecular complexity index is 529. The molecular formula is C13H18N2O5. The van der Waals surface area contributed by atoms with Crippen molar-refractivity contribution in [1.82, 2.24) is 5.48 Å². The highest BCUT2D eigenvalue weighted by molar-refractivity contribution is 5.98. The van der Waals surface area contributed by atoms with E-state index in [-0.39, 0.29) is 12.6 Å². The molecule has 2 fully saturated rings. The van der Waals surface area contributed by atoms with Crippen LogP contribution in [-0.2, 0) is 19.1 Å². The van der Waals surface area contributed by atoms with Crippen molar-refractivity contribution < 1.29 is 24.3 Å². The molecule has 2 N–H and O–H groups in total. The minimum Gasteiger partial charge on any atom is -0.475 e. The molecular weight excluding hydrogens is 264 g/mol. The van der Waals surface area contributed by atoms with Crippen molar-refractivity contribution in [3.8, 4) is 0 Å².